The van der Waals surface area contributed by atoms with Gasteiger partial charge in [-0.2, -0.15) is 0 Å². The van der Waals surface area contributed by atoms with Crippen molar-refractivity contribution in [2.24, 2.45) is 4.99 Å². The summed E-state index contributed by atoms with van der Waals surface area (Å²) < 4.78 is 5.16. The van der Waals surface area contributed by atoms with Crippen LogP contribution in [0, 0.1) is 0 Å². The van der Waals surface area contributed by atoms with E-state index < -0.39 is 0 Å². The maximum Gasteiger partial charge on any atom is 0.275 e. The van der Waals surface area contributed by atoms with E-state index >= 15 is 0 Å². The van der Waals surface area contributed by atoms with E-state index in [4.69, 9.17) is 4.74 Å². The molecule has 1 aliphatic heterocycles. The zero-order chi connectivity index (χ0) is 16.5. The first-order valence-electron chi connectivity index (χ1n) is 7.34. The number of ether oxygens (including phenoxy) is 1. The van der Waals surface area contributed by atoms with Gasteiger partial charge in [-0.3, -0.25) is 4.79 Å². The molecule has 118 valence electrons. The highest BCUT2D eigenvalue weighted by Gasteiger charge is 2.25. The number of aliphatic imine (C=N–C) groups is 1. The standard InChI is InChI=1S/C18H13N3O2S/c1-23-12-8-6-11(7-9-12)15-10-24-18(20-15)21-16-13-4-2-3-5-14(13)19-17(16)22/h2-10H,1H3,(H,19,20,21,22). The lowest BCUT2D eigenvalue weighted by molar-refractivity contribution is -0.110. The SMILES string of the molecule is COc1ccc(-c2csc(/N=C3\C(=O)Nc4ccccc43)n2)cc1. The second kappa shape index (κ2) is 5.90. The van der Waals surface area contributed by atoms with E-state index in [2.05, 4.69) is 15.3 Å². The lowest BCUT2D eigenvalue weighted by Gasteiger charge is -2.00. The van der Waals surface area contributed by atoms with Crippen LogP contribution in [-0.4, -0.2) is 23.7 Å². The zero-order valence-electron chi connectivity index (χ0n) is 12.8. The Kier molecular flexibility index (Phi) is 3.59. The number of hydrogen-bond acceptors (Lipinski definition) is 5. The summed E-state index contributed by atoms with van der Waals surface area (Å²) in [6.45, 7) is 0. The predicted molar refractivity (Wildman–Crippen MR) is 95.4 cm³/mol. The highest BCUT2D eigenvalue weighted by atomic mass is 32.1. The summed E-state index contributed by atoms with van der Waals surface area (Å²) in [6, 6.07) is 15.2. The van der Waals surface area contributed by atoms with Crippen molar-refractivity contribution in [3.63, 3.8) is 0 Å². The van der Waals surface area contributed by atoms with Crippen molar-refractivity contribution in [2.75, 3.05) is 12.4 Å². The number of carbonyl (C=O) groups excluding carboxylic acids is 1. The van der Waals surface area contributed by atoms with E-state index in [9.17, 15) is 4.79 Å². The van der Waals surface area contributed by atoms with E-state index in [1.807, 2.05) is 53.9 Å². The molecule has 3 aromatic rings. The normalized spacial score (nSPS) is 14.5. The molecule has 0 atom stereocenters. The maximum atomic E-state index is 12.1. The number of fused-ring (bicyclic) bond motifs is 1. The van der Waals surface area contributed by atoms with E-state index in [0.29, 0.717) is 10.8 Å². The van der Waals surface area contributed by atoms with Gasteiger partial charge >= 0.3 is 0 Å². The predicted octanol–water partition coefficient (Wildman–Crippen LogP) is 3.89. The van der Waals surface area contributed by atoms with E-state index in [0.717, 1.165) is 28.3 Å². The Hall–Kier alpha value is -2.99. The molecule has 1 aliphatic rings. The minimum atomic E-state index is -0.197. The molecule has 1 N–H and O–H groups in total. The molecule has 2 aromatic carbocycles. The van der Waals surface area contributed by atoms with Crippen molar-refractivity contribution < 1.29 is 9.53 Å². The van der Waals surface area contributed by atoms with Gasteiger partial charge in [-0.05, 0) is 30.3 Å². The summed E-state index contributed by atoms with van der Waals surface area (Å²) in [5.74, 6) is 0.603. The summed E-state index contributed by atoms with van der Waals surface area (Å²) >= 11 is 1.41. The van der Waals surface area contributed by atoms with Crippen molar-refractivity contribution in [3.8, 4) is 17.0 Å². The lowest BCUT2D eigenvalue weighted by atomic mass is 10.1. The van der Waals surface area contributed by atoms with Gasteiger partial charge < -0.3 is 10.1 Å². The number of benzene rings is 2. The minimum Gasteiger partial charge on any atom is -0.497 e. The first-order chi connectivity index (χ1) is 11.7. The number of aromatic nitrogens is 1. The van der Waals surface area contributed by atoms with E-state index in [-0.39, 0.29) is 5.91 Å². The van der Waals surface area contributed by atoms with Crippen LogP contribution >= 0.6 is 11.3 Å². The number of nitrogens with zero attached hydrogens (tertiary/aromatic N) is 2. The minimum absolute atomic E-state index is 0.197. The number of para-hydroxylation sites is 1. The Morgan fingerprint density at radius 2 is 1.92 bits per heavy atom. The molecule has 0 radical (unpaired) electrons. The van der Waals surface area contributed by atoms with Crippen molar-refractivity contribution in [2.45, 2.75) is 0 Å². The Labute approximate surface area is 142 Å². The molecule has 0 saturated heterocycles. The van der Waals surface area contributed by atoms with Gasteiger partial charge in [-0.15, -0.1) is 11.3 Å². The smallest absolute Gasteiger partial charge is 0.275 e. The van der Waals surface area contributed by atoms with Crippen LogP contribution in [-0.2, 0) is 4.79 Å². The summed E-state index contributed by atoms with van der Waals surface area (Å²) in [5, 5.41) is 5.30. The largest absolute Gasteiger partial charge is 0.497 e. The summed E-state index contributed by atoms with van der Waals surface area (Å²) in [4.78, 5) is 21.1. The molecule has 0 fully saturated rings. The van der Waals surface area contributed by atoms with Crippen LogP contribution in [0.5, 0.6) is 5.75 Å². The summed E-state index contributed by atoms with van der Waals surface area (Å²) in [7, 11) is 1.64. The molecule has 0 spiro atoms. The first-order valence-corrected chi connectivity index (χ1v) is 8.22. The fourth-order valence-electron chi connectivity index (χ4n) is 2.52. The van der Waals surface area contributed by atoms with Crippen molar-refractivity contribution in [3.05, 3.63) is 59.5 Å². The molecule has 1 amide bonds. The number of methoxy groups -OCH3 is 1. The molecular weight excluding hydrogens is 322 g/mol. The molecule has 2 heterocycles. The van der Waals surface area contributed by atoms with Crippen LogP contribution in [0.3, 0.4) is 0 Å². The average Bonchev–Trinajstić information content (AvgIpc) is 3.21. The molecular formula is C18H13N3O2S. The van der Waals surface area contributed by atoms with Crippen molar-refractivity contribution in [1.29, 1.82) is 0 Å². The average molecular weight is 335 g/mol. The van der Waals surface area contributed by atoms with Crippen LogP contribution in [0.2, 0.25) is 0 Å². The van der Waals surface area contributed by atoms with Crippen LogP contribution in [0.15, 0.2) is 58.9 Å². The molecule has 4 rings (SSSR count). The van der Waals surface area contributed by atoms with Gasteiger partial charge in [0.25, 0.3) is 5.91 Å². The second-order valence-electron chi connectivity index (χ2n) is 5.20. The molecule has 1 aromatic heterocycles. The van der Waals surface area contributed by atoms with Crippen LogP contribution in [0.25, 0.3) is 11.3 Å². The Balaban J connectivity index is 1.67. The van der Waals surface area contributed by atoms with Crippen molar-refractivity contribution in [1.82, 2.24) is 4.98 Å². The van der Waals surface area contributed by atoms with Gasteiger partial charge in [-0.25, -0.2) is 9.98 Å². The number of amides is 1. The quantitative estimate of drug-likeness (QED) is 0.790. The molecule has 0 aliphatic carbocycles. The van der Waals surface area contributed by atoms with Gasteiger partial charge in [0.05, 0.1) is 18.5 Å². The van der Waals surface area contributed by atoms with Crippen LogP contribution in [0.4, 0.5) is 10.8 Å². The number of hydrogen-bond donors (Lipinski definition) is 1. The zero-order valence-corrected chi connectivity index (χ0v) is 13.6. The number of anilines is 1. The molecule has 0 saturated carbocycles. The fourth-order valence-corrected chi connectivity index (χ4v) is 3.22. The second-order valence-corrected chi connectivity index (χ2v) is 6.04. The van der Waals surface area contributed by atoms with Crippen molar-refractivity contribution >= 4 is 33.8 Å². The monoisotopic (exact) mass is 335 g/mol. The third-order valence-electron chi connectivity index (χ3n) is 3.73. The van der Waals surface area contributed by atoms with Gasteiger partial charge in [0.15, 0.2) is 0 Å². The lowest BCUT2D eigenvalue weighted by Crippen LogP contribution is -2.13. The maximum absolute atomic E-state index is 12.1. The summed E-state index contributed by atoms with van der Waals surface area (Å²) in [5.41, 5.74) is 3.81. The van der Waals surface area contributed by atoms with Gasteiger partial charge in [0.2, 0.25) is 5.13 Å². The highest BCUT2D eigenvalue weighted by molar-refractivity contribution is 7.13. The first kappa shape index (κ1) is 14.6. The van der Waals surface area contributed by atoms with Gasteiger partial charge in [-0.1, -0.05) is 18.2 Å². The Bertz CT molecular complexity index is 945. The molecule has 0 bridgehead atoms. The fraction of sp³-hybridized carbons (Fsp3) is 0.0556. The van der Waals surface area contributed by atoms with Crippen LogP contribution in [0.1, 0.15) is 5.56 Å². The van der Waals surface area contributed by atoms with E-state index in [1.54, 1.807) is 7.11 Å². The summed E-state index contributed by atoms with van der Waals surface area (Å²) in [6.07, 6.45) is 0. The molecule has 5 nitrogen and oxygen atoms in total. The third kappa shape index (κ3) is 2.57. The van der Waals surface area contributed by atoms with E-state index in [1.165, 1.54) is 11.3 Å². The molecule has 0 unspecified atom stereocenters. The number of rotatable bonds is 3. The molecule has 6 heteroatoms. The number of nitrogens with one attached hydrogen (secondary N) is 1. The molecule has 24 heavy (non-hydrogen) atoms. The highest BCUT2D eigenvalue weighted by Crippen LogP contribution is 2.30. The Morgan fingerprint density at radius 3 is 2.71 bits per heavy atom. The van der Waals surface area contributed by atoms with Crippen LogP contribution < -0.4 is 10.1 Å². The van der Waals surface area contributed by atoms with Gasteiger partial charge in [0, 0.05) is 16.5 Å². The third-order valence-corrected chi connectivity index (χ3v) is 4.47. The van der Waals surface area contributed by atoms with Gasteiger partial charge in [0.1, 0.15) is 11.5 Å². The number of carbonyl (C=O) groups is 1. The Morgan fingerprint density at radius 1 is 1.12 bits per heavy atom. The number of thiazole rings is 1. The topological polar surface area (TPSA) is 63.6 Å².